The highest BCUT2D eigenvalue weighted by Gasteiger charge is 2.41. The lowest BCUT2D eigenvalue weighted by Gasteiger charge is -2.37. The second-order valence-corrected chi connectivity index (χ2v) is 9.74. The second-order valence-electron chi connectivity index (χ2n) is 9.74. The number of carbonyl (C=O) groups is 2. The molecule has 8 heteroatoms. The monoisotopic (exact) mass is 516 g/mol. The smallest absolute Gasteiger partial charge is 0.326 e. The first-order valence-electron chi connectivity index (χ1n) is 13.0. The molecule has 198 valence electrons. The van der Waals surface area contributed by atoms with Crippen LogP contribution in [0.15, 0.2) is 67.0 Å². The normalized spacial score (nSPS) is 18.0. The molecule has 1 fully saturated rings. The van der Waals surface area contributed by atoms with E-state index < -0.39 is 18.1 Å². The van der Waals surface area contributed by atoms with Gasteiger partial charge in [0.1, 0.15) is 12.6 Å². The van der Waals surface area contributed by atoms with Crippen molar-refractivity contribution in [1.29, 1.82) is 0 Å². The van der Waals surface area contributed by atoms with E-state index in [2.05, 4.69) is 4.98 Å². The third-order valence-electron chi connectivity index (χ3n) is 7.31. The van der Waals surface area contributed by atoms with E-state index in [1.54, 1.807) is 25.6 Å². The zero-order valence-electron chi connectivity index (χ0n) is 21.4. The van der Waals surface area contributed by atoms with Crippen molar-refractivity contribution >= 4 is 11.9 Å². The third-order valence-corrected chi connectivity index (χ3v) is 7.31. The largest absolute Gasteiger partial charge is 0.493 e. The Morgan fingerprint density at radius 3 is 2.47 bits per heavy atom. The van der Waals surface area contributed by atoms with E-state index >= 15 is 0 Å². The van der Waals surface area contributed by atoms with Crippen LogP contribution in [-0.4, -0.2) is 46.1 Å². The van der Waals surface area contributed by atoms with E-state index in [0.29, 0.717) is 11.5 Å². The average molecular weight is 517 g/mol. The Morgan fingerprint density at radius 2 is 1.79 bits per heavy atom. The number of carboxylic acids is 1. The number of aliphatic carboxylic acids is 1. The van der Waals surface area contributed by atoms with E-state index in [4.69, 9.17) is 14.2 Å². The molecule has 5 rings (SSSR count). The standard InChI is InChI=1S/C30H32N2O6/c1-36-26-12-11-22-18-32(29(33)27(21-7-3-2-4-8-21)38-23-9-5-6-10-23)25(30(34)35)17-24(22)28(26)37-19-20-13-15-31-16-14-20/h2-4,7-8,11-16,23,25,27H,5-6,9-10,17-19H2,1H3,(H,34,35)/t25-,27+/m1/s1. The summed E-state index contributed by atoms with van der Waals surface area (Å²) < 4.78 is 18.1. The summed E-state index contributed by atoms with van der Waals surface area (Å²) in [6.45, 7) is 0.416. The van der Waals surface area contributed by atoms with Gasteiger partial charge in [0.05, 0.1) is 13.2 Å². The topological polar surface area (TPSA) is 98.2 Å². The number of rotatable bonds is 9. The van der Waals surface area contributed by atoms with Crippen molar-refractivity contribution in [3.63, 3.8) is 0 Å². The van der Waals surface area contributed by atoms with Gasteiger partial charge in [-0.25, -0.2) is 4.79 Å². The Bertz CT molecular complexity index is 1260. The molecule has 0 unspecified atom stereocenters. The lowest BCUT2D eigenvalue weighted by atomic mass is 9.91. The minimum absolute atomic E-state index is 0.0121. The van der Waals surface area contributed by atoms with Crippen LogP contribution in [0.2, 0.25) is 0 Å². The average Bonchev–Trinajstić information content (AvgIpc) is 3.48. The molecule has 1 aromatic heterocycles. The molecule has 1 N–H and O–H groups in total. The van der Waals surface area contributed by atoms with Gasteiger partial charge in [0.15, 0.2) is 17.6 Å². The van der Waals surface area contributed by atoms with E-state index in [1.807, 2.05) is 48.5 Å². The number of nitrogens with zero attached hydrogens (tertiary/aromatic N) is 2. The molecule has 3 aromatic rings. The molecule has 2 heterocycles. The summed E-state index contributed by atoms with van der Waals surface area (Å²) >= 11 is 0. The van der Waals surface area contributed by atoms with Crippen LogP contribution in [0, 0.1) is 0 Å². The van der Waals surface area contributed by atoms with Crippen molar-refractivity contribution in [1.82, 2.24) is 9.88 Å². The minimum atomic E-state index is -1.07. The SMILES string of the molecule is COc1ccc2c(c1OCc1ccncc1)C[C@H](C(=O)O)N(C(=O)[C@@H](OC1CCCC1)c1ccccc1)C2. The number of hydrogen-bond donors (Lipinski definition) is 1. The number of methoxy groups -OCH3 is 1. The van der Waals surface area contributed by atoms with Crippen LogP contribution < -0.4 is 9.47 Å². The Kier molecular flexibility index (Phi) is 7.89. The molecule has 2 aliphatic rings. The fourth-order valence-corrected chi connectivity index (χ4v) is 5.30. The molecule has 1 saturated carbocycles. The van der Waals surface area contributed by atoms with Gasteiger partial charge in [-0.1, -0.05) is 49.2 Å². The van der Waals surface area contributed by atoms with Crippen molar-refractivity contribution in [2.75, 3.05) is 7.11 Å². The van der Waals surface area contributed by atoms with Crippen molar-refractivity contribution in [2.45, 2.75) is 63.5 Å². The van der Waals surface area contributed by atoms with Crippen molar-refractivity contribution in [3.8, 4) is 11.5 Å². The molecule has 1 aliphatic carbocycles. The summed E-state index contributed by atoms with van der Waals surface area (Å²) in [5.74, 6) is -0.383. The zero-order chi connectivity index (χ0) is 26.5. The maximum Gasteiger partial charge on any atom is 0.326 e. The molecule has 0 radical (unpaired) electrons. The summed E-state index contributed by atoms with van der Waals surface area (Å²) in [7, 11) is 1.55. The van der Waals surface area contributed by atoms with E-state index in [9.17, 15) is 14.7 Å². The number of hydrogen-bond acceptors (Lipinski definition) is 6. The number of carboxylic acid groups (broad SMARTS) is 1. The molecule has 1 aliphatic heterocycles. The van der Waals surface area contributed by atoms with Gasteiger partial charge in [0.2, 0.25) is 0 Å². The van der Waals surface area contributed by atoms with E-state index in [0.717, 1.165) is 47.9 Å². The second kappa shape index (κ2) is 11.6. The Labute approximate surface area is 222 Å². The Balaban J connectivity index is 1.46. The van der Waals surface area contributed by atoms with Gasteiger partial charge >= 0.3 is 5.97 Å². The lowest BCUT2D eigenvalue weighted by molar-refractivity contribution is -0.160. The molecule has 0 bridgehead atoms. The molecular weight excluding hydrogens is 484 g/mol. The minimum Gasteiger partial charge on any atom is -0.493 e. The number of pyridine rings is 1. The number of aromatic nitrogens is 1. The molecule has 8 nitrogen and oxygen atoms in total. The van der Waals surface area contributed by atoms with Gasteiger partial charge in [0.25, 0.3) is 5.91 Å². The number of amides is 1. The fourth-order valence-electron chi connectivity index (χ4n) is 5.30. The molecule has 0 spiro atoms. The highest BCUT2D eigenvalue weighted by molar-refractivity contribution is 5.88. The van der Waals surface area contributed by atoms with Crippen LogP contribution in [0.4, 0.5) is 0 Å². The van der Waals surface area contributed by atoms with Gasteiger partial charge < -0.3 is 24.2 Å². The fraction of sp³-hybridized carbons (Fsp3) is 0.367. The van der Waals surface area contributed by atoms with Gasteiger partial charge in [0, 0.05) is 30.9 Å². The van der Waals surface area contributed by atoms with E-state index in [-0.39, 0.29) is 31.6 Å². The first-order valence-corrected chi connectivity index (χ1v) is 13.0. The highest BCUT2D eigenvalue weighted by Crippen LogP contribution is 2.40. The quantitative estimate of drug-likeness (QED) is 0.440. The van der Waals surface area contributed by atoms with Gasteiger partial charge in [-0.2, -0.15) is 0 Å². The summed E-state index contributed by atoms with van der Waals surface area (Å²) in [4.78, 5) is 32.0. The first-order chi connectivity index (χ1) is 18.5. The molecule has 2 aromatic carbocycles. The molecule has 0 saturated heterocycles. The lowest BCUT2D eigenvalue weighted by Crippen LogP contribution is -2.50. The molecule has 38 heavy (non-hydrogen) atoms. The van der Waals surface area contributed by atoms with Crippen LogP contribution in [0.25, 0.3) is 0 Å². The number of benzene rings is 2. The maximum atomic E-state index is 14.0. The number of ether oxygens (including phenoxy) is 3. The van der Waals surface area contributed by atoms with Crippen LogP contribution in [0.3, 0.4) is 0 Å². The Hall–Kier alpha value is -3.91. The van der Waals surface area contributed by atoms with Crippen LogP contribution >= 0.6 is 0 Å². The van der Waals surface area contributed by atoms with Crippen molar-refractivity contribution in [2.24, 2.45) is 0 Å². The predicted octanol–water partition coefficient (Wildman–Crippen LogP) is 4.71. The third kappa shape index (κ3) is 5.50. The summed E-state index contributed by atoms with van der Waals surface area (Å²) in [5, 5.41) is 10.2. The van der Waals surface area contributed by atoms with Crippen LogP contribution in [-0.2, 0) is 33.9 Å². The van der Waals surface area contributed by atoms with E-state index in [1.165, 1.54) is 4.90 Å². The summed E-state index contributed by atoms with van der Waals surface area (Å²) in [6, 6.07) is 15.7. The molecular formula is C30H32N2O6. The maximum absolute atomic E-state index is 14.0. The van der Waals surface area contributed by atoms with Gasteiger partial charge in [-0.3, -0.25) is 9.78 Å². The van der Waals surface area contributed by atoms with Gasteiger partial charge in [-0.15, -0.1) is 0 Å². The zero-order valence-corrected chi connectivity index (χ0v) is 21.4. The first kappa shape index (κ1) is 25.7. The number of fused-ring (bicyclic) bond motifs is 1. The summed E-state index contributed by atoms with van der Waals surface area (Å²) in [6.07, 6.45) is 6.56. The summed E-state index contributed by atoms with van der Waals surface area (Å²) in [5.41, 5.74) is 3.23. The van der Waals surface area contributed by atoms with Crippen molar-refractivity contribution in [3.05, 3.63) is 89.2 Å². The van der Waals surface area contributed by atoms with Crippen LogP contribution in [0.1, 0.15) is 54.0 Å². The van der Waals surface area contributed by atoms with Gasteiger partial charge in [-0.05, 0) is 47.7 Å². The van der Waals surface area contributed by atoms with Crippen LogP contribution in [0.5, 0.6) is 11.5 Å². The number of carbonyl (C=O) groups excluding carboxylic acids is 1. The predicted molar refractivity (Wildman–Crippen MR) is 140 cm³/mol. The van der Waals surface area contributed by atoms with Crippen molar-refractivity contribution < 1.29 is 28.9 Å². The molecule has 1 amide bonds. The Morgan fingerprint density at radius 1 is 1.05 bits per heavy atom. The molecule has 2 atom stereocenters. The highest BCUT2D eigenvalue weighted by atomic mass is 16.5.